The van der Waals surface area contributed by atoms with Crippen LogP contribution >= 0.6 is 0 Å². The van der Waals surface area contributed by atoms with Gasteiger partial charge in [-0.05, 0) is 61.4 Å². The van der Waals surface area contributed by atoms with Gasteiger partial charge in [0.2, 0.25) is 15.9 Å². The molecular weight excluding hydrogens is 449 g/mol. The lowest BCUT2D eigenvalue weighted by molar-refractivity contribution is -0.119. The zero-order chi connectivity index (χ0) is 23.6. The number of nitrogens with one attached hydrogen (secondary N) is 1. The zero-order valence-electron chi connectivity index (χ0n) is 17.8. The minimum atomic E-state index is -3.57. The number of hydrogen-bond acceptors (Lipinski definition) is 6. The normalized spacial score (nSPS) is 19.2. The van der Waals surface area contributed by atoms with E-state index in [1.807, 2.05) is 0 Å². The van der Waals surface area contributed by atoms with Crippen LogP contribution < -0.4 is 16.1 Å². The molecule has 0 saturated carbocycles. The Labute approximate surface area is 191 Å². The van der Waals surface area contributed by atoms with Gasteiger partial charge >= 0.3 is 0 Å². The summed E-state index contributed by atoms with van der Waals surface area (Å²) < 4.78 is 40.2. The van der Waals surface area contributed by atoms with E-state index in [1.165, 1.54) is 57.8 Å². The standard InChI is InChI=1S/C22H24FN5O4S/c23-15-4-8-17(9-5-15)28-20(21(24)29)14-19(26-28)22(30)25-16-6-10-18(11-7-16)33(31,32)27-12-2-1-3-13-27/h4-11,20H,1-3,12-14H2,(H2,24,29)(H,25,30). The summed E-state index contributed by atoms with van der Waals surface area (Å²) in [5.41, 5.74) is 6.36. The second-order valence-electron chi connectivity index (χ2n) is 7.93. The summed E-state index contributed by atoms with van der Waals surface area (Å²) in [6.45, 7) is 1.01. The van der Waals surface area contributed by atoms with Crippen LogP contribution in [0.25, 0.3) is 0 Å². The lowest BCUT2D eigenvalue weighted by atomic mass is 10.1. The van der Waals surface area contributed by atoms with E-state index in [9.17, 15) is 22.4 Å². The lowest BCUT2D eigenvalue weighted by Crippen LogP contribution is -2.39. The average Bonchev–Trinajstić information content (AvgIpc) is 3.27. The number of hydrogen-bond donors (Lipinski definition) is 2. The van der Waals surface area contributed by atoms with E-state index in [0.717, 1.165) is 19.3 Å². The molecular formula is C22H24FN5O4S. The first-order valence-electron chi connectivity index (χ1n) is 10.6. The smallest absolute Gasteiger partial charge is 0.271 e. The number of anilines is 2. The Morgan fingerprint density at radius 3 is 2.24 bits per heavy atom. The number of halogens is 1. The van der Waals surface area contributed by atoms with Gasteiger partial charge in [0.1, 0.15) is 17.6 Å². The van der Waals surface area contributed by atoms with Crippen molar-refractivity contribution in [2.24, 2.45) is 10.8 Å². The fraction of sp³-hybridized carbons (Fsp3) is 0.318. The first kappa shape index (κ1) is 22.9. The quantitative estimate of drug-likeness (QED) is 0.664. The number of rotatable bonds is 6. The van der Waals surface area contributed by atoms with E-state index in [4.69, 9.17) is 5.73 Å². The molecule has 0 bridgehead atoms. The predicted octanol–water partition coefficient (Wildman–Crippen LogP) is 2.06. The van der Waals surface area contributed by atoms with Crippen LogP contribution in [0, 0.1) is 5.82 Å². The summed E-state index contributed by atoms with van der Waals surface area (Å²) in [7, 11) is -3.57. The zero-order valence-corrected chi connectivity index (χ0v) is 18.6. The van der Waals surface area contributed by atoms with Crippen LogP contribution in [0.1, 0.15) is 25.7 Å². The molecule has 174 valence electrons. The highest BCUT2D eigenvalue weighted by molar-refractivity contribution is 7.89. The molecule has 1 unspecified atom stereocenters. The Balaban J connectivity index is 1.48. The van der Waals surface area contributed by atoms with Gasteiger partial charge in [0, 0.05) is 25.2 Å². The second-order valence-corrected chi connectivity index (χ2v) is 9.87. The number of carbonyl (C=O) groups excluding carboxylic acids is 2. The van der Waals surface area contributed by atoms with E-state index in [1.54, 1.807) is 0 Å². The molecule has 0 aliphatic carbocycles. The summed E-state index contributed by atoms with van der Waals surface area (Å²) in [5.74, 6) is -1.66. The molecule has 33 heavy (non-hydrogen) atoms. The van der Waals surface area contributed by atoms with Gasteiger partial charge in [-0.15, -0.1) is 0 Å². The highest BCUT2D eigenvalue weighted by Crippen LogP contribution is 2.26. The molecule has 2 aromatic rings. The molecule has 1 fully saturated rings. The predicted molar refractivity (Wildman–Crippen MR) is 122 cm³/mol. The van der Waals surface area contributed by atoms with E-state index in [0.29, 0.717) is 24.5 Å². The Kier molecular flexibility index (Phi) is 6.43. The van der Waals surface area contributed by atoms with E-state index in [2.05, 4.69) is 10.4 Å². The molecule has 0 aromatic heterocycles. The van der Waals surface area contributed by atoms with Crippen molar-refractivity contribution in [2.45, 2.75) is 36.6 Å². The average molecular weight is 474 g/mol. The Hall–Kier alpha value is -3.31. The van der Waals surface area contributed by atoms with E-state index < -0.39 is 33.7 Å². The number of primary amides is 1. The molecule has 2 aliphatic heterocycles. The summed E-state index contributed by atoms with van der Waals surface area (Å²) in [4.78, 5) is 24.8. The van der Waals surface area contributed by atoms with Gasteiger partial charge in [0.25, 0.3) is 5.91 Å². The number of piperidine rings is 1. The number of nitrogens with two attached hydrogens (primary N) is 1. The highest BCUT2D eigenvalue weighted by atomic mass is 32.2. The number of amides is 2. The third kappa shape index (κ3) is 4.88. The topological polar surface area (TPSA) is 125 Å². The lowest BCUT2D eigenvalue weighted by Gasteiger charge is -2.25. The third-order valence-corrected chi connectivity index (χ3v) is 7.57. The minimum Gasteiger partial charge on any atom is -0.368 e. The molecule has 11 heteroatoms. The second kappa shape index (κ2) is 9.28. The molecule has 2 amide bonds. The molecule has 1 saturated heterocycles. The molecule has 3 N–H and O–H groups in total. The van der Waals surface area contributed by atoms with Crippen LogP contribution in [0.4, 0.5) is 15.8 Å². The maximum atomic E-state index is 13.2. The van der Waals surface area contributed by atoms with Crippen molar-refractivity contribution in [1.29, 1.82) is 0 Å². The monoisotopic (exact) mass is 473 g/mol. The number of nitrogens with zero attached hydrogens (tertiary/aromatic N) is 3. The number of benzene rings is 2. The largest absolute Gasteiger partial charge is 0.368 e. The van der Waals surface area contributed by atoms with Gasteiger partial charge in [-0.1, -0.05) is 6.42 Å². The summed E-state index contributed by atoms with van der Waals surface area (Å²) in [5, 5.41) is 8.18. The van der Waals surface area contributed by atoms with Crippen molar-refractivity contribution < 1.29 is 22.4 Å². The van der Waals surface area contributed by atoms with Crippen LogP contribution in [0.5, 0.6) is 0 Å². The third-order valence-electron chi connectivity index (χ3n) is 5.66. The number of carbonyl (C=O) groups is 2. The van der Waals surface area contributed by atoms with Crippen LogP contribution in [-0.4, -0.2) is 49.4 Å². The molecule has 2 heterocycles. The van der Waals surface area contributed by atoms with E-state index >= 15 is 0 Å². The van der Waals surface area contributed by atoms with Crippen molar-refractivity contribution >= 4 is 38.9 Å². The van der Waals surface area contributed by atoms with Gasteiger partial charge in [-0.2, -0.15) is 9.41 Å². The Morgan fingerprint density at radius 1 is 1.00 bits per heavy atom. The maximum absolute atomic E-state index is 13.2. The maximum Gasteiger partial charge on any atom is 0.271 e. The van der Waals surface area contributed by atoms with E-state index in [-0.39, 0.29) is 17.0 Å². The van der Waals surface area contributed by atoms with Crippen molar-refractivity contribution in [3.05, 3.63) is 54.3 Å². The number of hydrazone groups is 1. The van der Waals surface area contributed by atoms with Crippen molar-refractivity contribution in [1.82, 2.24) is 4.31 Å². The van der Waals surface area contributed by atoms with Gasteiger partial charge in [0.15, 0.2) is 0 Å². The van der Waals surface area contributed by atoms with Crippen LogP contribution in [-0.2, 0) is 19.6 Å². The van der Waals surface area contributed by atoms with Crippen LogP contribution in [0.2, 0.25) is 0 Å². The minimum absolute atomic E-state index is 0.0139. The molecule has 0 spiro atoms. The summed E-state index contributed by atoms with van der Waals surface area (Å²) in [6, 6.07) is 10.4. The van der Waals surface area contributed by atoms with Crippen LogP contribution in [0.3, 0.4) is 0 Å². The molecule has 2 aromatic carbocycles. The van der Waals surface area contributed by atoms with Gasteiger partial charge < -0.3 is 11.1 Å². The summed E-state index contributed by atoms with van der Waals surface area (Å²) >= 11 is 0. The Bertz CT molecular complexity index is 1180. The first-order chi connectivity index (χ1) is 15.8. The summed E-state index contributed by atoms with van der Waals surface area (Å²) in [6.07, 6.45) is 2.70. The van der Waals surface area contributed by atoms with Crippen molar-refractivity contribution in [2.75, 3.05) is 23.4 Å². The molecule has 9 nitrogen and oxygen atoms in total. The molecule has 0 radical (unpaired) electrons. The first-order valence-corrected chi connectivity index (χ1v) is 12.0. The van der Waals surface area contributed by atoms with Crippen molar-refractivity contribution in [3.63, 3.8) is 0 Å². The molecule has 1 atom stereocenters. The van der Waals surface area contributed by atoms with Gasteiger partial charge in [0.05, 0.1) is 10.6 Å². The number of sulfonamides is 1. The fourth-order valence-corrected chi connectivity index (χ4v) is 5.39. The van der Waals surface area contributed by atoms with Crippen molar-refractivity contribution in [3.8, 4) is 0 Å². The SMILES string of the molecule is NC(=O)C1CC(C(=O)Nc2ccc(S(=O)(=O)N3CCCCC3)cc2)=NN1c1ccc(F)cc1. The van der Waals surface area contributed by atoms with Gasteiger partial charge in [-0.3, -0.25) is 14.6 Å². The highest BCUT2D eigenvalue weighted by Gasteiger charge is 2.35. The fourth-order valence-electron chi connectivity index (χ4n) is 3.87. The molecule has 2 aliphatic rings. The van der Waals surface area contributed by atoms with Crippen LogP contribution in [0.15, 0.2) is 58.5 Å². The molecule has 4 rings (SSSR count). The Morgan fingerprint density at radius 2 is 1.64 bits per heavy atom. The van der Waals surface area contributed by atoms with Gasteiger partial charge in [-0.25, -0.2) is 12.8 Å².